The van der Waals surface area contributed by atoms with Gasteiger partial charge in [-0.05, 0) is 61.8 Å². The van der Waals surface area contributed by atoms with E-state index < -0.39 is 0 Å². The molecule has 1 amide bonds. The quantitative estimate of drug-likeness (QED) is 0.761. The van der Waals surface area contributed by atoms with Gasteiger partial charge in [-0.25, -0.2) is 9.78 Å². The van der Waals surface area contributed by atoms with Crippen LogP contribution in [0.2, 0.25) is 0 Å². The Morgan fingerprint density at radius 3 is 2.61 bits per heavy atom. The standard InChI is InChI=1S/C23H29N3O2/c1-18-15-22(25-12-7-8-13-25)24-16-20(18)21-11-5-6-14-26(21)23(27)28-17-19-9-3-2-4-10-19/h2-4,9-10,15-16,21H,5-8,11-14,17H2,1H3. The lowest BCUT2D eigenvalue weighted by molar-refractivity contribution is 0.0677. The number of rotatable bonds is 4. The fourth-order valence-corrected chi connectivity index (χ4v) is 4.30. The molecule has 1 unspecified atom stereocenters. The number of ether oxygens (including phenoxy) is 1. The number of hydrogen-bond donors (Lipinski definition) is 0. The fraction of sp³-hybridized carbons (Fsp3) is 0.478. The molecule has 0 N–H and O–H groups in total. The van der Waals surface area contributed by atoms with Crippen LogP contribution in [0, 0.1) is 6.92 Å². The maximum Gasteiger partial charge on any atom is 0.410 e. The number of carbonyl (C=O) groups is 1. The monoisotopic (exact) mass is 379 g/mol. The Labute approximate surface area is 167 Å². The second-order valence-electron chi connectivity index (χ2n) is 7.84. The van der Waals surface area contributed by atoms with Crippen LogP contribution in [0.15, 0.2) is 42.6 Å². The number of anilines is 1. The summed E-state index contributed by atoms with van der Waals surface area (Å²) in [7, 11) is 0. The van der Waals surface area contributed by atoms with Crippen LogP contribution in [0.5, 0.6) is 0 Å². The molecule has 2 aliphatic heterocycles. The van der Waals surface area contributed by atoms with E-state index >= 15 is 0 Å². The van der Waals surface area contributed by atoms with E-state index in [9.17, 15) is 4.79 Å². The summed E-state index contributed by atoms with van der Waals surface area (Å²) in [6, 6.07) is 12.1. The number of aromatic nitrogens is 1. The molecule has 2 fully saturated rings. The Morgan fingerprint density at radius 1 is 1.11 bits per heavy atom. The Balaban J connectivity index is 1.47. The van der Waals surface area contributed by atoms with Gasteiger partial charge in [0.1, 0.15) is 12.4 Å². The van der Waals surface area contributed by atoms with Gasteiger partial charge in [0.15, 0.2) is 0 Å². The van der Waals surface area contributed by atoms with Gasteiger partial charge in [-0.15, -0.1) is 0 Å². The van der Waals surface area contributed by atoms with Gasteiger partial charge in [-0.2, -0.15) is 0 Å². The van der Waals surface area contributed by atoms with Crippen molar-refractivity contribution < 1.29 is 9.53 Å². The summed E-state index contributed by atoms with van der Waals surface area (Å²) in [6.45, 7) is 5.37. The van der Waals surface area contributed by atoms with Gasteiger partial charge in [-0.1, -0.05) is 30.3 Å². The van der Waals surface area contributed by atoms with E-state index in [1.807, 2.05) is 41.4 Å². The molecule has 5 heteroatoms. The molecule has 0 spiro atoms. The molecule has 2 saturated heterocycles. The molecule has 1 aromatic carbocycles. The summed E-state index contributed by atoms with van der Waals surface area (Å²) >= 11 is 0. The highest BCUT2D eigenvalue weighted by Gasteiger charge is 2.30. The third-order valence-corrected chi connectivity index (χ3v) is 5.87. The number of aryl methyl sites for hydroxylation is 1. The minimum Gasteiger partial charge on any atom is -0.445 e. The summed E-state index contributed by atoms with van der Waals surface area (Å²) in [5.74, 6) is 1.06. The third kappa shape index (κ3) is 4.13. The van der Waals surface area contributed by atoms with Crippen molar-refractivity contribution in [3.63, 3.8) is 0 Å². The Bertz CT molecular complexity index is 803. The van der Waals surface area contributed by atoms with Crippen molar-refractivity contribution in [2.24, 2.45) is 0 Å². The normalized spacial score (nSPS) is 19.7. The Hall–Kier alpha value is -2.56. The summed E-state index contributed by atoms with van der Waals surface area (Å²) in [4.78, 5) is 21.8. The number of amides is 1. The number of hydrogen-bond acceptors (Lipinski definition) is 4. The smallest absolute Gasteiger partial charge is 0.410 e. The molecule has 1 atom stereocenters. The predicted octanol–water partition coefficient (Wildman–Crippen LogP) is 4.85. The number of likely N-dealkylation sites (tertiary alicyclic amines) is 1. The van der Waals surface area contributed by atoms with E-state index in [-0.39, 0.29) is 12.1 Å². The third-order valence-electron chi connectivity index (χ3n) is 5.87. The van der Waals surface area contributed by atoms with E-state index in [0.717, 1.165) is 55.8 Å². The largest absolute Gasteiger partial charge is 0.445 e. The van der Waals surface area contributed by atoms with Crippen molar-refractivity contribution in [1.82, 2.24) is 9.88 Å². The summed E-state index contributed by atoms with van der Waals surface area (Å²) in [5, 5.41) is 0. The molecule has 1 aromatic heterocycles. The first kappa shape index (κ1) is 18.8. The van der Waals surface area contributed by atoms with Crippen LogP contribution in [0.3, 0.4) is 0 Å². The van der Waals surface area contributed by atoms with Crippen molar-refractivity contribution in [3.05, 3.63) is 59.3 Å². The van der Waals surface area contributed by atoms with Crippen molar-refractivity contribution in [2.45, 2.75) is 51.7 Å². The zero-order valence-corrected chi connectivity index (χ0v) is 16.6. The van der Waals surface area contributed by atoms with Gasteiger partial charge in [0.25, 0.3) is 0 Å². The van der Waals surface area contributed by atoms with Crippen molar-refractivity contribution in [2.75, 3.05) is 24.5 Å². The van der Waals surface area contributed by atoms with E-state index in [0.29, 0.717) is 6.61 Å². The predicted molar refractivity (Wildman–Crippen MR) is 110 cm³/mol. The van der Waals surface area contributed by atoms with Gasteiger partial charge in [0.2, 0.25) is 0 Å². The number of nitrogens with zero attached hydrogens (tertiary/aromatic N) is 3. The molecule has 0 saturated carbocycles. The molecule has 5 nitrogen and oxygen atoms in total. The number of carbonyl (C=O) groups excluding carboxylic acids is 1. The molecule has 4 rings (SSSR count). The van der Waals surface area contributed by atoms with Crippen molar-refractivity contribution in [3.8, 4) is 0 Å². The molecule has 2 aromatic rings. The van der Waals surface area contributed by atoms with E-state index in [1.54, 1.807) is 0 Å². The SMILES string of the molecule is Cc1cc(N2CCCC2)ncc1C1CCCCN1C(=O)OCc1ccccc1. The molecule has 148 valence electrons. The summed E-state index contributed by atoms with van der Waals surface area (Å²) in [6.07, 6.45) is 7.35. The maximum atomic E-state index is 12.8. The molecular formula is C23H29N3O2. The first-order chi connectivity index (χ1) is 13.7. The van der Waals surface area contributed by atoms with Crippen molar-refractivity contribution in [1.29, 1.82) is 0 Å². The van der Waals surface area contributed by atoms with Crippen LogP contribution in [-0.4, -0.2) is 35.6 Å². The lowest BCUT2D eigenvalue weighted by Crippen LogP contribution is -2.39. The molecule has 2 aliphatic rings. The second kappa shape index (κ2) is 8.63. The van der Waals surface area contributed by atoms with Crippen LogP contribution in [0.25, 0.3) is 0 Å². The first-order valence-corrected chi connectivity index (χ1v) is 10.4. The van der Waals surface area contributed by atoms with Gasteiger partial charge >= 0.3 is 6.09 Å². The summed E-state index contributed by atoms with van der Waals surface area (Å²) < 4.78 is 5.62. The van der Waals surface area contributed by atoms with Gasteiger partial charge in [0.05, 0.1) is 6.04 Å². The molecule has 28 heavy (non-hydrogen) atoms. The highest BCUT2D eigenvalue weighted by molar-refractivity contribution is 5.68. The van der Waals surface area contributed by atoms with Crippen molar-refractivity contribution >= 4 is 11.9 Å². The molecule has 3 heterocycles. The van der Waals surface area contributed by atoms with Gasteiger partial charge in [-0.3, -0.25) is 0 Å². The van der Waals surface area contributed by atoms with Gasteiger partial charge < -0.3 is 14.5 Å². The van der Waals surface area contributed by atoms with E-state index in [1.165, 1.54) is 18.4 Å². The lowest BCUT2D eigenvalue weighted by atomic mass is 9.94. The van der Waals surface area contributed by atoms with E-state index in [2.05, 4.69) is 17.9 Å². The highest BCUT2D eigenvalue weighted by Crippen LogP contribution is 2.34. The van der Waals surface area contributed by atoms with Crippen LogP contribution in [0.4, 0.5) is 10.6 Å². The van der Waals surface area contributed by atoms with Gasteiger partial charge in [0, 0.05) is 25.8 Å². The zero-order chi connectivity index (χ0) is 19.3. The topological polar surface area (TPSA) is 45.7 Å². The fourth-order valence-electron chi connectivity index (χ4n) is 4.30. The summed E-state index contributed by atoms with van der Waals surface area (Å²) in [5.41, 5.74) is 3.38. The average molecular weight is 380 g/mol. The minimum atomic E-state index is -0.225. The Morgan fingerprint density at radius 2 is 1.86 bits per heavy atom. The maximum absolute atomic E-state index is 12.8. The van der Waals surface area contributed by atoms with Crippen LogP contribution < -0.4 is 4.90 Å². The molecular weight excluding hydrogens is 350 g/mol. The lowest BCUT2D eigenvalue weighted by Gasteiger charge is -2.36. The molecule has 0 aliphatic carbocycles. The molecule has 0 bridgehead atoms. The zero-order valence-electron chi connectivity index (χ0n) is 16.6. The van der Waals surface area contributed by atoms with Crippen LogP contribution in [-0.2, 0) is 11.3 Å². The number of piperidine rings is 1. The average Bonchev–Trinajstić information content (AvgIpc) is 3.28. The first-order valence-electron chi connectivity index (χ1n) is 10.4. The number of pyridine rings is 1. The number of benzene rings is 1. The van der Waals surface area contributed by atoms with Crippen LogP contribution >= 0.6 is 0 Å². The highest BCUT2D eigenvalue weighted by atomic mass is 16.6. The minimum absolute atomic E-state index is 0.0529. The van der Waals surface area contributed by atoms with E-state index in [4.69, 9.17) is 9.72 Å². The molecule has 0 radical (unpaired) electrons. The van der Waals surface area contributed by atoms with Crippen LogP contribution in [0.1, 0.15) is 54.8 Å². The Kier molecular flexibility index (Phi) is 5.79. The second-order valence-corrected chi connectivity index (χ2v) is 7.84.